The van der Waals surface area contributed by atoms with Gasteiger partial charge in [0.1, 0.15) is 10.0 Å². The fraction of sp³-hybridized carbons (Fsp3) is 0.381. The van der Waals surface area contributed by atoms with Crippen LogP contribution in [0.3, 0.4) is 0 Å². The summed E-state index contributed by atoms with van der Waals surface area (Å²) in [6.45, 7) is 5.27. The first-order valence-electron chi connectivity index (χ1n) is 10.3. The number of rotatable bonds is 8. The number of nitrogens with one attached hydrogen (secondary N) is 3. The summed E-state index contributed by atoms with van der Waals surface area (Å²) < 4.78 is 28.1. The van der Waals surface area contributed by atoms with E-state index in [1.165, 1.54) is 0 Å². The second-order valence-electron chi connectivity index (χ2n) is 8.66. The fourth-order valence-corrected chi connectivity index (χ4v) is 5.74. The average molecular weight is 475 g/mol. The molecule has 0 radical (unpaired) electrons. The van der Waals surface area contributed by atoms with E-state index in [1.54, 1.807) is 51.3 Å². The molecule has 11 heteroatoms. The zero-order chi connectivity index (χ0) is 22.9. The topological polar surface area (TPSA) is 133 Å². The van der Waals surface area contributed by atoms with E-state index in [9.17, 15) is 8.42 Å². The number of hydrogen-bond donors (Lipinski definition) is 4. The molecule has 4 rings (SSSR count). The molecule has 0 aliphatic heterocycles. The van der Waals surface area contributed by atoms with Crippen LogP contribution in [-0.4, -0.2) is 45.8 Å². The van der Waals surface area contributed by atoms with Gasteiger partial charge in [-0.1, -0.05) is 12.2 Å². The van der Waals surface area contributed by atoms with Gasteiger partial charge in [-0.25, -0.2) is 23.1 Å². The molecule has 1 saturated carbocycles. The van der Waals surface area contributed by atoms with Gasteiger partial charge in [-0.05, 0) is 45.7 Å². The van der Waals surface area contributed by atoms with Gasteiger partial charge in [0.15, 0.2) is 11.6 Å². The molecule has 0 atom stereocenters. The minimum atomic E-state index is -3.64. The van der Waals surface area contributed by atoms with Crippen LogP contribution < -0.4 is 10.0 Å². The van der Waals surface area contributed by atoms with Gasteiger partial charge in [-0.15, -0.1) is 11.3 Å². The number of hydrogen-bond acceptors (Lipinski definition) is 8. The van der Waals surface area contributed by atoms with Crippen molar-refractivity contribution < 1.29 is 13.5 Å². The number of nitrogens with zero attached hydrogens (tertiary/aromatic N) is 3. The molecule has 0 bridgehead atoms. The van der Waals surface area contributed by atoms with Crippen LogP contribution in [0.1, 0.15) is 50.8 Å². The zero-order valence-electron chi connectivity index (χ0n) is 18.1. The van der Waals surface area contributed by atoms with E-state index in [1.807, 2.05) is 6.07 Å². The second-order valence-corrected chi connectivity index (χ2v) is 11.7. The summed E-state index contributed by atoms with van der Waals surface area (Å²) in [6.07, 6.45) is 7.28. The maximum absolute atomic E-state index is 12.6. The van der Waals surface area contributed by atoms with Gasteiger partial charge in [0.05, 0.1) is 11.5 Å². The number of anilines is 2. The summed E-state index contributed by atoms with van der Waals surface area (Å²) in [6, 6.07) is 5.22. The predicted octanol–water partition coefficient (Wildman–Crippen LogP) is 3.63. The van der Waals surface area contributed by atoms with Crippen LogP contribution in [0.5, 0.6) is 0 Å². The normalized spacial score (nSPS) is 14.9. The first-order chi connectivity index (χ1) is 15.1. The van der Waals surface area contributed by atoms with Gasteiger partial charge >= 0.3 is 0 Å². The molecule has 170 valence electrons. The van der Waals surface area contributed by atoms with Crippen LogP contribution in [0.25, 0.3) is 16.8 Å². The van der Waals surface area contributed by atoms with Crippen LogP contribution in [0.4, 0.5) is 11.6 Å². The van der Waals surface area contributed by atoms with Crippen molar-refractivity contribution in [2.45, 2.75) is 49.3 Å². The molecule has 0 spiro atoms. The number of aromatic amines is 1. The summed E-state index contributed by atoms with van der Waals surface area (Å²) in [5.41, 5.74) is 1.19. The van der Waals surface area contributed by atoms with Gasteiger partial charge in [0.2, 0.25) is 0 Å². The van der Waals surface area contributed by atoms with Crippen molar-refractivity contribution in [1.29, 1.82) is 0 Å². The minimum absolute atomic E-state index is 0.109. The third-order valence-electron chi connectivity index (χ3n) is 4.59. The maximum atomic E-state index is 12.6. The maximum Gasteiger partial charge on any atom is 0.250 e. The van der Waals surface area contributed by atoms with Gasteiger partial charge in [0.25, 0.3) is 10.0 Å². The molecule has 3 aromatic heterocycles. The molecule has 0 saturated heterocycles. The Morgan fingerprint density at radius 1 is 1.31 bits per heavy atom. The van der Waals surface area contributed by atoms with E-state index in [4.69, 9.17) is 5.11 Å². The predicted molar refractivity (Wildman–Crippen MR) is 125 cm³/mol. The lowest BCUT2D eigenvalue weighted by Crippen LogP contribution is -2.40. The summed E-state index contributed by atoms with van der Waals surface area (Å²) in [5, 5.41) is 19.7. The van der Waals surface area contributed by atoms with Crippen molar-refractivity contribution in [3.05, 3.63) is 41.7 Å². The summed E-state index contributed by atoms with van der Waals surface area (Å²) in [5.74, 6) is 2.09. The van der Waals surface area contributed by atoms with Gasteiger partial charge < -0.3 is 10.4 Å². The third-order valence-corrected chi connectivity index (χ3v) is 7.92. The number of aromatic nitrogens is 4. The highest BCUT2D eigenvalue weighted by Crippen LogP contribution is 2.40. The van der Waals surface area contributed by atoms with E-state index in [0.717, 1.165) is 29.9 Å². The standard InChI is InChI=1S/C21H26N6O3S2/c1-21(2,3)27-32(29,30)18-9-8-16(31-18)20-22-12-14(5-4-10-28)19(24-20)23-17-11-15(25-26-17)13-6-7-13/h4-5,8-9,11-13,27-28H,6-7,10H2,1-3H3,(H2,22,23,24,25,26). The highest BCUT2D eigenvalue weighted by atomic mass is 32.2. The van der Waals surface area contributed by atoms with Crippen molar-refractivity contribution >= 4 is 39.1 Å². The van der Waals surface area contributed by atoms with Gasteiger partial charge in [-0.2, -0.15) is 5.10 Å². The highest BCUT2D eigenvalue weighted by Gasteiger charge is 2.26. The van der Waals surface area contributed by atoms with E-state index < -0.39 is 15.6 Å². The molecule has 0 amide bonds. The number of thiophene rings is 1. The first kappa shape index (κ1) is 22.6. The molecule has 9 nitrogen and oxygen atoms in total. The van der Waals surface area contributed by atoms with Crippen molar-refractivity contribution in [2.24, 2.45) is 0 Å². The Hall–Kier alpha value is -2.60. The highest BCUT2D eigenvalue weighted by molar-refractivity contribution is 7.91. The van der Waals surface area contributed by atoms with Gasteiger partial charge in [-0.3, -0.25) is 5.10 Å². The molecular weight excluding hydrogens is 448 g/mol. The second kappa shape index (κ2) is 8.74. The van der Waals surface area contributed by atoms with Crippen molar-refractivity contribution in [1.82, 2.24) is 24.9 Å². The van der Waals surface area contributed by atoms with Crippen LogP contribution in [0.2, 0.25) is 0 Å². The molecule has 1 aliphatic carbocycles. The minimum Gasteiger partial charge on any atom is -0.392 e. The molecule has 1 aliphatic rings. The monoisotopic (exact) mass is 474 g/mol. The molecular formula is C21H26N6O3S2. The summed E-state index contributed by atoms with van der Waals surface area (Å²) in [4.78, 5) is 9.64. The zero-order valence-corrected chi connectivity index (χ0v) is 19.7. The van der Waals surface area contributed by atoms with Crippen molar-refractivity contribution in [3.8, 4) is 10.7 Å². The number of H-pyrrole nitrogens is 1. The van der Waals surface area contributed by atoms with E-state index in [0.29, 0.717) is 33.8 Å². The SMILES string of the molecule is CC(C)(C)NS(=O)(=O)c1ccc(-c2ncc(C=CCO)c(Nc3cc(C4CC4)[nH]n3)n2)s1. The number of aliphatic hydroxyl groups excluding tert-OH is 1. The van der Waals surface area contributed by atoms with Crippen LogP contribution in [0.15, 0.2) is 34.7 Å². The fourth-order valence-electron chi connectivity index (χ4n) is 3.08. The average Bonchev–Trinajstić information content (AvgIpc) is 3.23. The Labute approximate surface area is 191 Å². The Balaban J connectivity index is 1.64. The van der Waals surface area contributed by atoms with E-state index in [2.05, 4.69) is 30.2 Å². The van der Waals surface area contributed by atoms with E-state index in [-0.39, 0.29) is 10.8 Å². The molecule has 3 heterocycles. The Kier molecular flexibility index (Phi) is 6.17. The molecule has 32 heavy (non-hydrogen) atoms. The van der Waals surface area contributed by atoms with Crippen LogP contribution in [-0.2, 0) is 10.0 Å². The molecule has 0 aromatic carbocycles. The molecule has 4 N–H and O–H groups in total. The third kappa shape index (κ3) is 5.41. The lowest BCUT2D eigenvalue weighted by atomic mass is 10.1. The lowest BCUT2D eigenvalue weighted by Gasteiger charge is -2.19. The Bertz CT molecular complexity index is 1240. The quantitative estimate of drug-likeness (QED) is 0.392. The van der Waals surface area contributed by atoms with Crippen LogP contribution in [0, 0.1) is 0 Å². The van der Waals surface area contributed by atoms with Crippen LogP contribution >= 0.6 is 11.3 Å². The smallest absolute Gasteiger partial charge is 0.250 e. The Morgan fingerprint density at radius 3 is 2.78 bits per heavy atom. The van der Waals surface area contributed by atoms with Gasteiger partial charge in [0, 0.05) is 35.0 Å². The Morgan fingerprint density at radius 2 is 2.09 bits per heavy atom. The lowest BCUT2D eigenvalue weighted by molar-refractivity contribution is 0.343. The number of sulfonamides is 1. The summed E-state index contributed by atoms with van der Waals surface area (Å²) >= 11 is 1.11. The van der Waals surface area contributed by atoms with Crippen molar-refractivity contribution in [3.63, 3.8) is 0 Å². The first-order valence-corrected chi connectivity index (χ1v) is 12.6. The van der Waals surface area contributed by atoms with E-state index >= 15 is 0 Å². The summed E-state index contributed by atoms with van der Waals surface area (Å²) in [7, 11) is -3.64. The molecule has 0 unspecified atom stereocenters. The van der Waals surface area contributed by atoms with Crippen molar-refractivity contribution in [2.75, 3.05) is 11.9 Å². The number of aliphatic hydroxyl groups is 1. The molecule has 1 fully saturated rings. The largest absolute Gasteiger partial charge is 0.392 e. The molecule has 3 aromatic rings.